The molecule has 11 nitrogen and oxygen atoms in total. The summed E-state index contributed by atoms with van der Waals surface area (Å²) in [6.07, 6.45) is 0.562. The molecule has 0 radical (unpaired) electrons. The third kappa shape index (κ3) is 7.00. The number of amidine groups is 1. The number of pyridine rings is 1. The van der Waals surface area contributed by atoms with Crippen LogP contribution in [0.5, 0.6) is 5.88 Å². The molecule has 0 bridgehead atoms. The second-order valence-corrected chi connectivity index (χ2v) is 10.2. The Balaban J connectivity index is 2.01. The first kappa shape index (κ1) is 29.8. The highest BCUT2D eigenvalue weighted by molar-refractivity contribution is 6.10. The summed E-state index contributed by atoms with van der Waals surface area (Å²) in [4.78, 5) is 43.0. The molecule has 0 saturated heterocycles. The second-order valence-electron chi connectivity index (χ2n) is 10.2. The Bertz CT molecular complexity index is 1430. The van der Waals surface area contributed by atoms with E-state index in [1.807, 2.05) is 20.8 Å². The van der Waals surface area contributed by atoms with E-state index in [1.165, 1.54) is 37.4 Å². The van der Waals surface area contributed by atoms with Crippen molar-refractivity contribution >= 4 is 29.3 Å². The van der Waals surface area contributed by atoms with Gasteiger partial charge in [-0.1, -0.05) is 26.8 Å². The molecule has 3 rings (SSSR count). The van der Waals surface area contributed by atoms with Crippen LogP contribution in [-0.2, 0) is 0 Å². The van der Waals surface area contributed by atoms with Crippen molar-refractivity contribution in [2.75, 3.05) is 19.0 Å². The zero-order valence-corrected chi connectivity index (χ0v) is 22.9. The zero-order chi connectivity index (χ0) is 29.6. The second kappa shape index (κ2) is 12.4. The van der Waals surface area contributed by atoms with Crippen LogP contribution >= 0.6 is 0 Å². The molecule has 0 spiro atoms. The van der Waals surface area contributed by atoms with Gasteiger partial charge in [0.05, 0.1) is 12.7 Å². The van der Waals surface area contributed by atoms with Crippen molar-refractivity contribution in [2.24, 2.45) is 16.9 Å². The summed E-state index contributed by atoms with van der Waals surface area (Å²) in [6, 6.07) is 13.4. The van der Waals surface area contributed by atoms with Crippen molar-refractivity contribution in [3.63, 3.8) is 0 Å². The first-order valence-corrected chi connectivity index (χ1v) is 12.5. The van der Waals surface area contributed by atoms with Crippen molar-refractivity contribution in [3.05, 3.63) is 77.0 Å². The molecular formula is C29H34N6O5. The smallest absolute Gasteiger partial charge is 0.336 e. The first-order valence-electron chi connectivity index (χ1n) is 12.5. The summed E-state index contributed by atoms with van der Waals surface area (Å²) in [7, 11) is 1.40. The molecule has 210 valence electrons. The Hall–Kier alpha value is -4.77. The predicted octanol–water partition coefficient (Wildman–Crippen LogP) is 3.49. The van der Waals surface area contributed by atoms with Crippen molar-refractivity contribution < 1.29 is 24.2 Å². The van der Waals surface area contributed by atoms with Gasteiger partial charge in [-0.15, -0.1) is 0 Å². The van der Waals surface area contributed by atoms with E-state index < -0.39 is 17.8 Å². The molecule has 40 heavy (non-hydrogen) atoms. The molecule has 2 amide bonds. The number of amides is 2. The maximum absolute atomic E-state index is 13.3. The van der Waals surface area contributed by atoms with Gasteiger partial charge in [-0.05, 0) is 66.4 Å². The van der Waals surface area contributed by atoms with Crippen LogP contribution in [0.25, 0.3) is 11.1 Å². The van der Waals surface area contributed by atoms with Crippen LogP contribution in [0.2, 0.25) is 0 Å². The molecule has 0 aliphatic heterocycles. The topological polar surface area (TPSA) is 194 Å². The highest BCUT2D eigenvalue weighted by atomic mass is 16.5. The highest BCUT2D eigenvalue weighted by Crippen LogP contribution is 2.30. The fourth-order valence-corrected chi connectivity index (χ4v) is 4.10. The third-order valence-corrected chi connectivity index (χ3v) is 6.36. The van der Waals surface area contributed by atoms with Crippen molar-refractivity contribution in [1.82, 2.24) is 10.3 Å². The minimum atomic E-state index is -1.28. The van der Waals surface area contributed by atoms with Crippen LogP contribution in [0.3, 0.4) is 0 Å². The summed E-state index contributed by atoms with van der Waals surface area (Å²) in [5, 5.41) is 23.2. The number of carbonyl (C=O) groups is 3. The SMILES string of the molecule is COc1ccc(-c2ccc(C(=O)N[C@H](CCN)C(C)(C)C)cc2C(=O)O)c(C(=O)Nc2ccc(C(=N)N)cc2)n1. The van der Waals surface area contributed by atoms with E-state index in [2.05, 4.69) is 15.6 Å². The quantitative estimate of drug-likeness (QED) is 0.164. The third-order valence-electron chi connectivity index (χ3n) is 6.36. The number of anilines is 1. The molecule has 3 aromatic rings. The zero-order valence-electron chi connectivity index (χ0n) is 22.9. The number of nitrogens with two attached hydrogens (primary N) is 2. The molecule has 0 aliphatic carbocycles. The summed E-state index contributed by atoms with van der Waals surface area (Å²) < 4.78 is 5.19. The van der Waals surface area contributed by atoms with Gasteiger partial charge in [-0.25, -0.2) is 9.78 Å². The number of methoxy groups -OCH3 is 1. The average molecular weight is 547 g/mol. The van der Waals surface area contributed by atoms with Crippen molar-refractivity contribution in [3.8, 4) is 17.0 Å². The number of aromatic carboxylic acids is 1. The average Bonchev–Trinajstić information content (AvgIpc) is 2.91. The number of hydrogen-bond donors (Lipinski definition) is 6. The van der Waals surface area contributed by atoms with Gasteiger partial charge in [0.15, 0.2) is 0 Å². The minimum absolute atomic E-state index is 0.0783. The van der Waals surface area contributed by atoms with Crippen LogP contribution in [0.1, 0.15) is 64.0 Å². The van der Waals surface area contributed by atoms with Gasteiger partial charge in [0.1, 0.15) is 11.5 Å². The van der Waals surface area contributed by atoms with E-state index in [0.29, 0.717) is 24.2 Å². The maximum atomic E-state index is 13.3. The van der Waals surface area contributed by atoms with Gasteiger partial charge in [-0.2, -0.15) is 0 Å². The monoisotopic (exact) mass is 546 g/mol. The fraction of sp³-hybridized carbons (Fsp3) is 0.276. The number of nitrogens with zero attached hydrogens (tertiary/aromatic N) is 1. The van der Waals surface area contributed by atoms with Crippen LogP contribution < -0.4 is 26.8 Å². The van der Waals surface area contributed by atoms with Crippen molar-refractivity contribution in [1.29, 1.82) is 5.41 Å². The normalized spacial score (nSPS) is 11.8. The van der Waals surface area contributed by atoms with E-state index in [1.54, 1.807) is 24.3 Å². The molecule has 0 unspecified atom stereocenters. The minimum Gasteiger partial charge on any atom is -0.481 e. The molecule has 1 heterocycles. The van der Waals surface area contributed by atoms with Crippen LogP contribution in [0.15, 0.2) is 54.6 Å². The number of carbonyl (C=O) groups excluding carboxylic acids is 2. The molecule has 11 heteroatoms. The van der Waals surface area contributed by atoms with E-state index in [9.17, 15) is 19.5 Å². The molecule has 0 aliphatic rings. The molecule has 8 N–H and O–H groups in total. The van der Waals surface area contributed by atoms with Crippen LogP contribution in [-0.4, -0.2) is 53.4 Å². The van der Waals surface area contributed by atoms with Gasteiger partial charge in [0, 0.05) is 34.5 Å². The number of ether oxygens (including phenoxy) is 1. The highest BCUT2D eigenvalue weighted by Gasteiger charge is 2.27. The number of carboxylic acid groups (broad SMARTS) is 1. The van der Waals surface area contributed by atoms with Gasteiger partial charge < -0.3 is 31.9 Å². The Morgan fingerprint density at radius 3 is 2.17 bits per heavy atom. The molecule has 1 atom stereocenters. The fourth-order valence-electron chi connectivity index (χ4n) is 4.10. The number of rotatable bonds is 10. The van der Waals surface area contributed by atoms with Crippen LogP contribution in [0.4, 0.5) is 5.69 Å². The van der Waals surface area contributed by atoms with Crippen molar-refractivity contribution in [2.45, 2.75) is 33.2 Å². The molecule has 0 fully saturated rings. The number of carboxylic acids is 1. The van der Waals surface area contributed by atoms with Gasteiger partial charge >= 0.3 is 5.97 Å². The number of benzene rings is 2. The summed E-state index contributed by atoms with van der Waals surface area (Å²) in [5.74, 6) is -2.27. The number of nitrogen functional groups attached to an aromatic ring is 1. The van der Waals surface area contributed by atoms with E-state index in [4.69, 9.17) is 21.6 Å². The molecule has 1 aromatic heterocycles. The van der Waals surface area contributed by atoms with Gasteiger partial charge in [-0.3, -0.25) is 15.0 Å². The Morgan fingerprint density at radius 2 is 1.62 bits per heavy atom. The Morgan fingerprint density at radius 1 is 1.00 bits per heavy atom. The number of nitrogens with one attached hydrogen (secondary N) is 3. The summed E-state index contributed by atoms with van der Waals surface area (Å²) in [5.41, 5.74) is 12.2. The summed E-state index contributed by atoms with van der Waals surface area (Å²) >= 11 is 0. The Kier molecular flexibility index (Phi) is 9.23. The standard InChI is InChI=1S/C29H34N6O5/c1-29(2,3)22(13-14-30)34-26(36)17-7-10-19(21(15-17)28(38)39)20-11-12-23(40-4)35-24(20)27(37)33-18-8-5-16(6-9-18)25(31)32/h5-12,15,22H,13-14,30H2,1-4H3,(H3,31,32)(H,33,37)(H,34,36)(H,38,39)/t22-/m1/s1. The Labute approximate surface area is 232 Å². The number of aromatic nitrogens is 1. The van der Waals surface area contributed by atoms with E-state index >= 15 is 0 Å². The first-order chi connectivity index (χ1) is 18.8. The lowest BCUT2D eigenvalue weighted by Crippen LogP contribution is -2.44. The largest absolute Gasteiger partial charge is 0.481 e. The lowest BCUT2D eigenvalue weighted by Gasteiger charge is -2.31. The molecule has 2 aromatic carbocycles. The maximum Gasteiger partial charge on any atom is 0.336 e. The van der Waals surface area contributed by atoms with E-state index in [0.717, 1.165) is 0 Å². The predicted molar refractivity (Wildman–Crippen MR) is 153 cm³/mol. The van der Waals surface area contributed by atoms with E-state index in [-0.39, 0.29) is 51.1 Å². The molecular weight excluding hydrogens is 512 g/mol. The summed E-state index contributed by atoms with van der Waals surface area (Å²) in [6.45, 7) is 6.35. The van der Waals surface area contributed by atoms with Gasteiger partial charge in [0.25, 0.3) is 11.8 Å². The lowest BCUT2D eigenvalue weighted by molar-refractivity contribution is 0.0697. The molecule has 0 saturated carbocycles. The lowest BCUT2D eigenvalue weighted by atomic mass is 9.84. The van der Waals surface area contributed by atoms with Crippen LogP contribution in [0, 0.1) is 10.8 Å². The van der Waals surface area contributed by atoms with Gasteiger partial charge in [0.2, 0.25) is 5.88 Å². The number of hydrogen-bond acceptors (Lipinski definition) is 7.